The molecule has 0 aliphatic heterocycles. The molecule has 0 bridgehead atoms. The van der Waals surface area contributed by atoms with E-state index in [-0.39, 0.29) is 35.3 Å². The van der Waals surface area contributed by atoms with E-state index in [2.05, 4.69) is 15.6 Å². The number of nitrogens with two attached hydrogens (primary N) is 1. The summed E-state index contributed by atoms with van der Waals surface area (Å²) in [6.07, 6.45) is 0.794. The number of rotatable bonds is 13. The molecule has 0 spiro atoms. The van der Waals surface area contributed by atoms with E-state index >= 15 is 0 Å². The number of pyridine rings is 1. The Morgan fingerprint density at radius 1 is 0.873 bits per heavy atom. The molecule has 1 aromatic heterocycles. The van der Waals surface area contributed by atoms with Crippen LogP contribution in [0.25, 0.3) is 10.8 Å². The lowest BCUT2D eigenvalue weighted by molar-refractivity contribution is -0.138. The third kappa shape index (κ3) is 11.5. The fourth-order valence-electron chi connectivity index (χ4n) is 5.58. The summed E-state index contributed by atoms with van der Waals surface area (Å²) in [6.45, 7) is 11.6. The average molecular weight is 776 g/mol. The number of aromatic nitrogens is 1. The Balaban J connectivity index is 1.44. The Bertz CT molecular complexity index is 2130. The average Bonchev–Trinajstić information content (AvgIpc) is 3.09. The summed E-state index contributed by atoms with van der Waals surface area (Å²) >= 11 is 0. The molecule has 0 radical (unpaired) electrons. The highest BCUT2D eigenvalue weighted by atomic mass is 32.2. The minimum Gasteiger partial charge on any atom is -0.479 e. The number of sulfone groups is 1. The molecule has 0 saturated carbocycles. The number of carboxylic acid groups (broad SMARTS) is 1. The zero-order valence-corrected chi connectivity index (χ0v) is 33.0. The van der Waals surface area contributed by atoms with Crippen molar-refractivity contribution in [2.45, 2.75) is 96.4 Å². The smallest absolute Gasteiger partial charge is 0.425 e. The van der Waals surface area contributed by atoms with Gasteiger partial charge in [0, 0.05) is 35.9 Å². The van der Waals surface area contributed by atoms with E-state index < -0.39 is 45.2 Å². The molecule has 0 aliphatic rings. The minimum absolute atomic E-state index is 0.00479. The molecule has 294 valence electrons. The van der Waals surface area contributed by atoms with E-state index in [0.717, 1.165) is 10.5 Å². The summed E-state index contributed by atoms with van der Waals surface area (Å²) in [6, 6.07) is 17.1. The minimum atomic E-state index is -3.44. The molecule has 0 saturated heterocycles. The highest BCUT2D eigenvalue weighted by Crippen LogP contribution is 2.31. The standard InChI is InChI=1S/C40H49N5O9S/c1-8-55(51,52)32-19-17-29(23-28(32)24-41)43-33(46)11-9-10-25-12-14-26(15-13-25)34(36(47)48)44-30-16-18-31-27(22-30)20-21-42-35(31)45(37(49)53-39(2,3)4)38(50)54-40(5,6)7/h12-23,34,44H,8-11,24,41H2,1-7H3,(H,43,46)(H,47,48). The van der Waals surface area contributed by atoms with Gasteiger partial charge in [-0.2, -0.15) is 4.90 Å². The lowest BCUT2D eigenvalue weighted by atomic mass is 10.0. The van der Waals surface area contributed by atoms with E-state index in [9.17, 15) is 32.7 Å². The van der Waals surface area contributed by atoms with Gasteiger partial charge in [-0.25, -0.2) is 27.8 Å². The Morgan fingerprint density at radius 3 is 2.05 bits per heavy atom. The first kappa shape index (κ1) is 42.2. The Labute approximate surface area is 321 Å². The van der Waals surface area contributed by atoms with Gasteiger partial charge in [-0.15, -0.1) is 0 Å². The number of imide groups is 1. The third-order valence-electron chi connectivity index (χ3n) is 8.13. The summed E-state index contributed by atoms with van der Waals surface area (Å²) < 4.78 is 35.7. The van der Waals surface area contributed by atoms with Crippen molar-refractivity contribution >= 4 is 61.9 Å². The molecule has 0 fully saturated rings. The summed E-state index contributed by atoms with van der Waals surface area (Å²) in [5.41, 5.74) is 6.71. The van der Waals surface area contributed by atoms with Crippen molar-refractivity contribution in [3.8, 4) is 0 Å². The van der Waals surface area contributed by atoms with Crippen LogP contribution >= 0.6 is 0 Å². The Morgan fingerprint density at radius 2 is 1.49 bits per heavy atom. The van der Waals surface area contributed by atoms with Crippen LogP contribution in [0.1, 0.15) is 84.0 Å². The van der Waals surface area contributed by atoms with Gasteiger partial charge >= 0.3 is 18.2 Å². The highest BCUT2D eigenvalue weighted by Gasteiger charge is 2.34. The first-order valence-electron chi connectivity index (χ1n) is 17.8. The molecule has 3 amide bonds. The Kier molecular flexibility index (Phi) is 13.3. The molecule has 15 heteroatoms. The molecular weight excluding hydrogens is 727 g/mol. The quantitative estimate of drug-likeness (QED) is 0.105. The van der Waals surface area contributed by atoms with Gasteiger partial charge in [0.15, 0.2) is 21.7 Å². The molecule has 3 aromatic carbocycles. The van der Waals surface area contributed by atoms with E-state index in [4.69, 9.17) is 15.2 Å². The molecule has 1 atom stereocenters. The number of aryl methyl sites for hydroxylation is 1. The van der Waals surface area contributed by atoms with Crippen molar-refractivity contribution in [1.29, 1.82) is 0 Å². The van der Waals surface area contributed by atoms with Crippen molar-refractivity contribution in [1.82, 2.24) is 4.98 Å². The van der Waals surface area contributed by atoms with Gasteiger partial charge in [0.05, 0.1) is 10.6 Å². The van der Waals surface area contributed by atoms with Crippen LogP contribution in [-0.2, 0) is 41.9 Å². The van der Waals surface area contributed by atoms with Crippen LogP contribution < -0.4 is 21.3 Å². The normalized spacial score (nSPS) is 12.4. The fourth-order valence-corrected chi connectivity index (χ4v) is 6.70. The Hall–Kier alpha value is -5.54. The zero-order chi connectivity index (χ0) is 40.7. The number of anilines is 3. The van der Waals surface area contributed by atoms with Crippen LogP contribution in [0.3, 0.4) is 0 Å². The molecule has 14 nitrogen and oxygen atoms in total. The maximum Gasteiger partial charge on any atom is 0.425 e. The number of benzene rings is 3. The number of carbonyl (C=O) groups is 4. The number of nitrogens with one attached hydrogen (secondary N) is 2. The van der Waals surface area contributed by atoms with Crippen LogP contribution in [0.2, 0.25) is 0 Å². The second kappa shape index (κ2) is 17.3. The van der Waals surface area contributed by atoms with Gasteiger partial charge in [-0.1, -0.05) is 31.2 Å². The van der Waals surface area contributed by atoms with Crippen molar-refractivity contribution in [3.05, 3.63) is 89.6 Å². The maximum absolute atomic E-state index is 13.3. The molecule has 55 heavy (non-hydrogen) atoms. The van der Waals surface area contributed by atoms with Crippen molar-refractivity contribution in [3.63, 3.8) is 0 Å². The predicted molar refractivity (Wildman–Crippen MR) is 211 cm³/mol. The number of hydrogen-bond donors (Lipinski definition) is 4. The van der Waals surface area contributed by atoms with Crippen molar-refractivity contribution < 1.29 is 42.2 Å². The van der Waals surface area contributed by atoms with Gasteiger partial charge in [0.2, 0.25) is 5.91 Å². The van der Waals surface area contributed by atoms with E-state index in [1.54, 1.807) is 97.0 Å². The zero-order valence-electron chi connectivity index (χ0n) is 32.1. The second-order valence-electron chi connectivity index (χ2n) is 14.9. The number of aliphatic carboxylic acids is 1. The van der Waals surface area contributed by atoms with Crippen LogP contribution in [-0.4, -0.2) is 59.5 Å². The summed E-state index contributed by atoms with van der Waals surface area (Å²) in [7, 11) is -3.44. The monoisotopic (exact) mass is 775 g/mol. The van der Waals surface area contributed by atoms with Crippen molar-refractivity contribution in [2.75, 3.05) is 21.3 Å². The van der Waals surface area contributed by atoms with Gasteiger partial charge in [0.1, 0.15) is 11.2 Å². The van der Waals surface area contributed by atoms with Gasteiger partial charge < -0.3 is 30.9 Å². The van der Waals surface area contributed by atoms with Gasteiger partial charge in [0.25, 0.3) is 0 Å². The predicted octanol–water partition coefficient (Wildman–Crippen LogP) is 7.36. The number of carbonyl (C=O) groups excluding carboxylic acids is 3. The molecular formula is C40H49N5O9S. The number of carboxylic acids is 1. The first-order valence-corrected chi connectivity index (χ1v) is 19.4. The summed E-state index contributed by atoms with van der Waals surface area (Å²) in [5, 5.41) is 17.0. The largest absolute Gasteiger partial charge is 0.479 e. The lowest BCUT2D eigenvalue weighted by Crippen LogP contribution is -2.44. The molecule has 4 aromatic rings. The van der Waals surface area contributed by atoms with Crippen LogP contribution in [0.15, 0.2) is 77.8 Å². The van der Waals surface area contributed by atoms with E-state index in [0.29, 0.717) is 46.1 Å². The molecule has 0 aliphatic carbocycles. The van der Waals surface area contributed by atoms with Gasteiger partial charge in [-0.3, -0.25) is 4.79 Å². The number of hydrogen-bond acceptors (Lipinski definition) is 11. The number of nitrogens with zero attached hydrogens (tertiary/aromatic N) is 2. The van der Waals surface area contributed by atoms with Crippen molar-refractivity contribution in [2.24, 2.45) is 5.73 Å². The third-order valence-corrected chi connectivity index (χ3v) is 9.96. The fraction of sp³-hybridized carbons (Fsp3) is 0.375. The van der Waals surface area contributed by atoms with Crippen LogP contribution in [0.5, 0.6) is 0 Å². The molecule has 5 N–H and O–H groups in total. The number of ether oxygens (including phenoxy) is 2. The van der Waals surface area contributed by atoms with Crippen LogP contribution in [0, 0.1) is 0 Å². The molecule has 4 rings (SSSR count). The molecule has 1 heterocycles. The lowest BCUT2D eigenvalue weighted by Gasteiger charge is -2.28. The summed E-state index contributed by atoms with van der Waals surface area (Å²) in [4.78, 5) is 56.8. The topological polar surface area (TPSA) is 207 Å². The second-order valence-corrected chi connectivity index (χ2v) is 17.1. The van der Waals surface area contributed by atoms with E-state index in [1.807, 2.05) is 12.1 Å². The number of fused-ring (bicyclic) bond motifs is 1. The SMILES string of the molecule is CCS(=O)(=O)c1ccc(NC(=O)CCCc2ccc(C(Nc3ccc4c(N(C(=O)OC(C)(C)C)C(=O)OC(C)(C)C)nccc4c3)C(=O)O)cc2)cc1CN. The first-order chi connectivity index (χ1) is 25.7. The highest BCUT2D eigenvalue weighted by molar-refractivity contribution is 7.91. The molecule has 1 unspecified atom stereocenters. The maximum atomic E-state index is 13.3. The summed E-state index contributed by atoms with van der Waals surface area (Å²) in [5.74, 6) is -1.40. The van der Waals surface area contributed by atoms with E-state index in [1.165, 1.54) is 12.3 Å². The van der Waals surface area contributed by atoms with Gasteiger partial charge in [-0.05, 0) is 119 Å². The van der Waals surface area contributed by atoms with Crippen LogP contribution in [0.4, 0.5) is 26.8 Å². The number of amides is 3.